The van der Waals surface area contributed by atoms with Crippen LogP contribution >= 0.6 is 0 Å². The van der Waals surface area contributed by atoms with E-state index in [1.54, 1.807) is 17.0 Å². The number of nitrogens with zero attached hydrogens (tertiary/aromatic N) is 1. The highest BCUT2D eigenvalue weighted by Crippen LogP contribution is 2.20. The molecular weight excluding hydrogens is 386 g/mol. The fraction of sp³-hybridized carbons (Fsp3) is 0.318. The predicted octanol–water partition coefficient (Wildman–Crippen LogP) is 2.08. The van der Waals surface area contributed by atoms with Crippen LogP contribution in [0.4, 0.5) is 11.4 Å². The molecule has 0 aromatic heterocycles. The molecule has 0 bridgehead atoms. The summed E-state index contributed by atoms with van der Waals surface area (Å²) >= 11 is 0. The average molecular weight is 411 g/mol. The summed E-state index contributed by atoms with van der Waals surface area (Å²) < 4.78 is 10.4. The lowest BCUT2D eigenvalue weighted by Gasteiger charge is -2.30. The fourth-order valence-corrected chi connectivity index (χ4v) is 3.15. The number of piperidine rings is 1. The average Bonchev–Trinajstić information content (AvgIpc) is 2.77. The van der Waals surface area contributed by atoms with Crippen LogP contribution in [0, 0.1) is 5.92 Å². The normalized spacial score (nSPS) is 14.1. The van der Waals surface area contributed by atoms with Gasteiger partial charge in [0, 0.05) is 30.4 Å². The second kappa shape index (κ2) is 10.3. The molecule has 0 spiro atoms. The highest BCUT2D eigenvalue weighted by atomic mass is 16.6. The van der Waals surface area contributed by atoms with Crippen molar-refractivity contribution in [2.24, 2.45) is 11.7 Å². The molecule has 0 atom stereocenters. The monoisotopic (exact) mass is 411 g/mol. The molecule has 30 heavy (non-hydrogen) atoms. The molecule has 8 heteroatoms. The topological polar surface area (TPSA) is 111 Å². The van der Waals surface area contributed by atoms with E-state index in [9.17, 15) is 14.4 Å². The smallest absolute Gasteiger partial charge is 0.344 e. The number of carbonyl (C=O) groups is 3. The van der Waals surface area contributed by atoms with Crippen LogP contribution in [0.25, 0.3) is 0 Å². The van der Waals surface area contributed by atoms with Crippen LogP contribution in [0.2, 0.25) is 0 Å². The summed E-state index contributed by atoms with van der Waals surface area (Å²) in [6, 6.07) is 16.9. The highest BCUT2D eigenvalue weighted by Gasteiger charge is 2.26. The van der Waals surface area contributed by atoms with Crippen LogP contribution < -0.4 is 15.8 Å². The Kier molecular flexibility index (Phi) is 7.26. The molecule has 1 fully saturated rings. The summed E-state index contributed by atoms with van der Waals surface area (Å²) in [5.41, 5.74) is 7.14. The summed E-state index contributed by atoms with van der Waals surface area (Å²) in [7, 11) is 0. The van der Waals surface area contributed by atoms with Crippen molar-refractivity contribution in [1.29, 1.82) is 0 Å². The number of ether oxygens (including phenoxy) is 2. The van der Waals surface area contributed by atoms with Gasteiger partial charge in [-0.2, -0.15) is 0 Å². The van der Waals surface area contributed by atoms with Crippen molar-refractivity contribution in [3.63, 3.8) is 0 Å². The van der Waals surface area contributed by atoms with Crippen molar-refractivity contribution in [3.05, 3.63) is 54.6 Å². The molecule has 2 aromatic carbocycles. The molecular formula is C22H25N3O5. The van der Waals surface area contributed by atoms with Crippen LogP contribution in [0.3, 0.4) is 0 Å². The highest BCUT2D eigenvalue weighted by molar-refractivity contribution is 5.82. The number of anilines is 2. The lowest BCUT2D eigenvalue weighted by atomic mass is 9.96. The molecule has 0 saturated carbocycles. The number of rotatable bonds is 8. The van der Waals surface area contributed by atoms with Crippen LogP contribution in [0.15, 0.2) is 54.6 Å². The molecule has 1 aliphatic rings. The molecule has 2 aromatic rings. The van der Waals surface area contributed by atoms with Crippen LogP contribution in [-0.2, 0) is 19.1 Å². The van der Waals surface area contributed by atoms with Gasteiger partial charge in [0.15, 0.2) is 13.2 Å². The molecule has 3 rings (SSSR count). The number of benzene rings is 2. The van der Waals surface area contributed by atoms with Crippen molar-refractivity contribution in [3.8, 4) is 5.75 Å². The molecule has 1 aliphatic heterocycles. The van der Waals surface area contributed by atoms with Gasteiger partial charge in [-0.25, -0.2) is 4.79 Å². The molecule has 0 aliphatic carbocycles. The van der Waals surface area contributed by atoms with Gasteiger partial charge in [0.1, 0.15) is 5.75 Å². The number of para-hydroxylation sites is 1. The fourth-order valence-electron chi connectivity index (χ4n) is 3.15. The predicted molar refractivity (Wildman–Crippen MR) is 111 cm³/mol. The van der Waals surface area contributed by atoms with E-state index < -0.39 is 5.97 Å². The maximum absolute atomic E-state index is 12.1. The third-order valence-electron chi connectivity index (χ3n) is 4.88. The molecule has 3 N–H and O–H groups in total. The minimum Gasteiger partial charge on any atom is -0.482 e. The zero-order valence-electron chi connectivity index (χ0n) is 16.6. The van der Waals surface area contributed by atoms with Crippen LogP contribution in [-0.4, -0.2) is 49.0 Å². The number of esters is 1. The zero-order chi connectivity index (χ0) is 21.3. The second-order valence-corrected chi connectivity index (χ2v) is 7.02. The lowest BCUT2D eigenvalue weighted by molar-refractivity contribution is -0.154. The summed E-state index contributed by atoms with van der Waals surface area (Å²) in [6.45, 7) is 0.236. The first-order valence-corrected chi connectivity index (χ1v) is 9.79. The van der Waals surface area contributed by atoms with Gasteiger partial charge < -0.3 is 25.4 Å². The Hall–Kier alpha value is -3.55. The first-order chi connectivity index (χ1) is 14.5. The van der Waals surface area contributed by atoms with Crippen molar-refractivity contribution in [2.75, 3.05) is 31.6 Å². The van der Waals surface area contributed by atoms with Gasteiger partial charge in [-0.05, 0) is 49.2 Å². The Morgan fingerprint density at radius 1 is 0.933 bits per heavy atom. The van der Waals surface area contributed by atoms with Gasteiger partial charge in [0.05, 0.1) is 0 Å². The lowest BCUT2D eigenvalue weighted by Crippen LogP contribution is -2.43. The number of nitrogens with two attached hydrogens (primary N) is 1. The van der Waals surface area contributed by atoms with Crippen molar-refractivity contribution >= 4 is 29.2 Å². The van der Waals surface area contributed by atoms with E-state index in [2.05, 4.69) is 5.32 Å². The molecule has 1 heterocycles. The summed E-state index contributed by atoms with van der Waals surface area (Å²) in [5.74, 6) is -0.927. The van der Waals surface area contributed by atoms with E-state index in [0.29, 0.717) is 31.7 Å². The van der Waals surface area contributed by atoms with Gasteiger partial charge in [-0.1, -0.05) is 18.2 Å². The number of carbonyl (C=O) groups excluding carboxylic acids is 3. The summed E-state index contributed by atoms with van der Waals surface area (Å²) in [5, 5.41) is 3.25. The zero-order valence-corrected chi connectivity index (χ0v) is 16.6. The van der Waals surface area contributed by atoms with Crippen molar-refractivity contribution in [2.45, 2.75) is 12.8 Å². The number of nitrogens with one attached hydrogen (secondary N) is 1. The Bertz CT molecular complexity index is 862. The standard InChI is InChI=1S/C22H25N3O5/c23-22(28)16-10-12-25(13-11-16)20(26)14-30-21(27)15-29-19-8-6-18(7-9-19)24-17-4-2-1-3-5-17/h1-9,16,24H,10-15H2,(H2,23,28). The molecule has 158 valence electrons. The summed E-state index contributed by atoms with van der Waals surface area (Å²) in [6.07, 6.45) is 1.07. The van der Waals surface area contributed by atoms with E-state index in [-0.39, 0.29) is 30.9 Å². The maximum Gasteiger partial charge on any atom is 0.344 e. The van der Waals surface area contributed by atoms with Crippen molar-refractivity contribution < 1.29 is 23.9 Å². The largest absolute Gasteiger partial charge is 0.482 e. The third kappa shape index (κ3) is 6.23. The van der Waals surface area contributed by atoms with Gasteiger partial charge in [0.2, 0.25) is 5.91 Å². The van der Waals surface area contributed by atoms with Gasteiger partial charge >= 0.3 is 5.97 Å². The number of primary amides is 1. The molecule has 2 amide bonds. The van der Waals surface area contributed by atoms with Gasteiger partial charge in [-0.3, -0.25) is 9.59 Å². The number of hydrogen-bond donors (Lipinski definition) is 2. The third-order valence-corrected chi connectivity index (χ3v) is 4.88. The summed E-state index contributed by atoms with van der Waals surface area (Å²) in [4.78, 5) is 36.7. The van der Waals surface area contributed by atoms with Gasteiger partial charge in [-0.15, -0.1) is 0 Å². The quantitative estimate of drug-likeness (QED) is 0.644. The van der Waals surface area contributed by atoms with Gasteiger partial charge in [0.25, 0.3) is 5.91 Å². The second-order valence-electron chi connectivity index (χ2n) is 7.02. The first-order valence-electron chi connectivity index (χ1n) is 9.79. The Morgan fingerprint density at radius 2 is 1.57 bits per heavy atom. The van der Waals surface area contributed by atoms with E-state index in [1.807, 2.05) is 42.5 Å². The SMILES string of the molecule is NC(=O)C1CCN(C(=O)COC(=O)COc2ccc(Nc3ccccc3)cc2)CC1. The number of amides is 2. The van der Waals surface area contributed by atoms with E-state index >= 15 is 0 Å². The van der Waals surface area contributed by atoms with Crippen molar-refractivity contribution in [1.82, 2.24) is 4.90 Å². The molecule has 1 saturated heterocycles. The number of likely N-dealkylation sites (tertiary alicyclic amines) is 1. The van der Waals surface area contributed by atoms with Crippen LogP contribution in [0.5, 0.6) is 5.75 Å². The minimum absolute atomic E-state index is 0.195. The van der Waals surface area contributed by atoms with E-state index in [4.69, 9.17) is 15.2 Å². The molecule has 0 unspecified atom stereocenters. The Labute approximate surface area is 174 Å². The Balaban J connectivity index is 1.36. The minimum atomic E-state index is -0.623. The van der Waals surface area contributed by atoms with Crippen LogP contribution in [0.1, 0.15) is 12.8 Å². The molecule has 0 radical (unpaired) electrons. The van der Waals surface area contributed by atoms with E-state index in [0.717, 1.165) is 11.4 Å². The number of hydrogen-bond acceptors (Lipinski definition) is 6. The molecule has 8 nitrogen and oxygen atoms in total. The first kappa shape index (κ1) is 21.2. The van der Waals surface area contributed by atoms with E-state index in [1.165, 1.54) is 0 Å². The Morgan fingerprint density at radius 3 is 2.20 bits per heavy atom. The maximum atomic E-state index is 12.1.